The van der Waals surface area contributed by atoms with Gasteiger partial charge in [0.15, 0.2) is 8.26 Å². The monoisotopic (exact) mass is 340 g/mol. The van der Waals surface area contributed by atoms with Gasteiger partial charge in [-0.2, -0.15) is 0 Å². The maximum Gasteiger partial charge on any atom is 0.184 e. The van der Waals surface area contributed by atoms with Crippen molar-refractivity contribution in [2.45, 2.75) is 9.24 Å². The standard InChI is InChI=1S/C8H3BrCl2N2S2/c9-7-12-13-8(15-7)14-6-2-4(10)1-5(11)3-6/h1-3H. The van der Waals surface area contributed by atoms with Gasteiger partial charge in [0, 0.05) is 14.9 Å². The van der Waals surface area contributed by atoms with Crippen molar-refractivity contribution in [2.24, 2.45) is 0 Å². The molecular weight excluding hydrogens is 339 g/mol. The molecule has 0 fully saturated rings. The molecule has 0 atom stereocenters. The van der Waals surface area contributed by atoms with E-state index in [2.05, 4.69) is 26.1 Å². The molecule has 7 heteroatoms. The first-order valence-corrected chi connectivity index (χ1v) is 6.94. The SMILES string of the molecule is Clc1cc(Cl)cc(Sc2nnc(Br)s2)c1. The Morgan fingerprint density at radius 1 is 1.13 bits per heavy atom. The lowest BCUT2D eigenvalue weighted by atomic mass is 10.4. The lowest BCUT2D eigenvalue weighted by molar-refractivity contribution is 0.997. The van der Waals surface area contributed by atoms with E-state index in [0.717, 1.165) is 13.2 Å². The van der Waals surface area contributed by atoms with Gasteiger partial charge >= 0.3 is 0 Å². The Labute approximate surface area is 113 Å². The molecule has 2 nitrogen and oxygen atoms in total. The molecule has 0 aliphatic heterocycles. The zero-order valence-electron chi connectivity index (χ0n) is 7.08. The largest absolute Gasteiger partial charge is 0.184 e. The van der Waals surface area contributed by atoms with Gasteiger partial charge in [0.1, 0.15) is 0 Å². The van der Waals surface area contributed by atoms with Crippen LogP contribution < -0.4 is 0 Å². The maximum atomic E-state index is 5.88. The Morgan fingerprint density at radius 2 is 1.80 bits per heavy atom. The Bertz CT molecular complexity index is 469. The molecule has 1 aromatic carbocycles. The Morgan fingerprint density at radius 3 is 2.33 bits per heavy atom. The number of nitrogens with zero attached hydrogens (tertiary/aromatic N) is 2. The van der Waals surface area contributed by atoms with Crippen molar-refractivity contribution in [1.29, 1.82) is 0 Å². The lowest BCUT2D eigenvalue weighted by Crippen LogP contribution is -1.74. The number of rotatable bonds is 2. The second kappa shape index (κ2) is 5.01. The van der Waals surface area contributed by atoms with Gasteiger partial charge in [0.2, 0.25) is 0 Å². The average Bonchev–Trinajstić information content (AvgIpc) is 2.49. The highest BCUT2D eigenvalue weighted by Gasteiger charge is 2.05. The first kappa shape index (κ1) is 11.7. The molecular formula is C8H3BrCl2N2S2. The van der Waals surface area contributed by atoms with E-state index in [-0.39, 0.29) is 0 Å². The van der Waals surface area contributed by atoms with E-state index in [1.165, 1.54) is 23.1 Å². The van der Waals surface area contributed by atoms with Crippen molar-refractivity contribution in [3.63, 3.8) is 0 Å². The molecule has 1 heterocycles. The van der Waals surface area contributed by atoms with Crippen LogP contribution in [0.5, 0.6) is 0 Å². The number of halogens is 3. The lowest BCUT2D eigenvalue weighted by Gasteiger charge is -1.99. The third kappa shape index (κ3) is 3.32. The minimum absolute atomic E-state index is 0.619. The summed E-state index contributed by atoms with van der Waals surface area (Å²) in [6.07, 6.45) is 0. The van der Waals surface area contributed by atoms with Gasteiger partial charge in [-0.3, -0.25) is 0 Å². The molecule has 0 radical (unpaired) electrons. The van der Waals surface area contributed by atoms with E-state index >= 15 is 0 Å². The molecule has 0 N–H and O–H groups in total. The van der Waals surface area contributed by atoms with Crippen molar-refractivity contribution in [2.75, 3.05) is 0 Å². The zero-order chi connectivity index (χ0) is 10.8. The van der Waals surface area contributed by atoms with E-state index in [0.29, 0.717) is 10.0 Å². The summed E-state index contributed by atoms with van der Waals surface area (Å²) in [5.41, 5.74) is 0. The van der Waals surface area contributed by atoms with Crippen molar-refractivity contribution < 1.29 is 0 Å². The molecule has 0 bridgehead atoms. The Balaban J connectivity index is 2.24. The molecule has 0 aliphatic rings. The van der Waals surface area contributed by atoms with Crippen LogP contribution in [-0.2, 0) is 0 Å². The fourth-order valence-electron chi connectivity index (χ4n) is 0.923. The number of hydrogen-bond acceptors (Lipinski definition) is 4. The normalized spacial score (nSPS) is 10.6. The van der Waals surface area contributed by atoms with Gasteiger partial charge in [0.25, 0.3) is 0 Å². The highest BCUT2D eigenvalue weighted by Crippen LogP contribution is 2.34. The molecule has 0 aliphatic carbocycles. The second-order valence-electron chi connectivity index (χ2n) is 2.53. The van der Waals surface area contributed by atoms with Crippen molar-refractivity contribution >= 4 is 62.2 Å². The summed E-state index contributed by atoms with van der Waals surface area (Å²) in [5.74, 6) is 0. The fourth-order valence-corrected chi connectivity index (χ4v) is 4.09. The molecule has 2 aromatic rings. The first-order chi connectivity index (χ1) is 7.13. The summed E-state index contributed by atoms with van der Waals surface area (Å²) in [7, 11) is 0. The number of benzene rings is 1. The van der Waals surface area contributed by atoms with Crippen LogP contribution in [0, 0.1) is 0 Å². The van der Waals surface area contributed by atoms with E-state index in [9.17, 15) is 0 Å². The van der Waals surface area contributed by atoms with Crippen LogP contribution in [0.3, 0.4) is 0 Å². The molecule has 15 heavy (non-hydrogen) atoms. The summed E-state index contributed by atoms with van der Waals surface area (Å²) < 4.78 is 1.61. The van der Waals surface area contributed by atoms with Crippen LogP contribution in [0.4, 0.5) is 0 Å². The number of hydrogen-bond donors (Lipinski definition) is 0. The topological polar surface area (TPSA) is 25.8 Å². The summed E-state index contributed by atoms with van der Waals surface area (Å²) in [6, 6.07) is 5.38. The molecule has 0 unspecified atom stereocenters. The van der Waals surface area contributed by atoms with Crippen LogP contribution >= 0.6 is 62.2 Å². The summed E-state index contributed by atoms with van der Waals surface area (Å²) >= 11 is 18.0. The molecule has 0 saturated carbocycles. The van der Waals surface area contributed by atoms with Gasteiger partial charge < -0.3 is 0 Å². The van der Waals surface area contributed by atoms with Gasteiger partial charge in [-0.1, -0.05) is 46.3 Å². The fraction of sp³-hybridized carbons (Fsp3) is 0. The summed E-state index contributed by atoms with van der Waals surface area (Å²) in [5, 5.41) is 9.06. The molecule has 2 rings (SSSR count). The van der Waals surface area contributed by atoms with Crippen LogP contribution in [0.15, 0.2) is 31.4 Å². The van der Waals surface area contributed by atoms with Crippen molar-refractivity contribution in [1.82, 2.24) is 10.2 Å². The Hall–Kier alpha value is 0.190. The molecule has 0 spiro atoms. The smallest absolute Gasteiger partial charge is 0.130 e. The summed E-state index contributed by atoms with van der Waals surface area (Å²) in [6.45, 7) is 0. The predicted octanol–water partition coefficient (Wildman–Crippen LogP) is 4.76. The molecule has 0 amide bonds. The third-order valence-electron chi connectivity index (χ3n) is 1.42. The second-order valence-corrected chi connectivity index (χ2v) is 6.98. The minimum atomic E-state index is 0.619. The zero-order valence-corrected chi connectivity index (χ0v) is 11.8. The van der Waals surface area contributed by atoms with Gasteiger partial charge in [-0.25, -0.2) is 0 Å². The summed E-state index contributed by atoms with van der Waals surface area (Å²) in [4.78, 5) is 0.955. The quantitative estimate of drug-likeness (QED) is 0.787. The molecule has 0 saturated heterocycles. The maximum absolute atomic E-state index is 5.88. The van der Waals surface area contributed by atoms with Crippen LogP contribution in [0.2, 0.25) is 10.0 Å². The van der Waals surface area contributed by atoms with E-state index in [1.807, 2.05) is 12.1 Å². The first-order valence-electron chi connectivity index (χ1n) is 3.76. The van der Waals surface area contributed by atoms with Crippen molar-refractivity contribution in [3.05, 3.63) is 32.2 Å². The minimum Gasteiger partial charge on any atom is -0.130 e. The van der Waals surface area contributed by atoms with E-state index < -0.39 is 0 Å². The van der Waals surface area contributed by atoms with Crippen LogP contribution in [-0.4, -0.2) is 10.2 Å². The van der Waals surface area contributed by atoms with E-state index in [1.54, 1.807) is 6.07 Å². The van der Waals surface area contributed by atoms with Gasteiger partial charge in [-0.05, 0) is 34.1 Å². The Kier molecular flexibility index (Phi) is 3.90. The van der Waals surface area contributed by atoms with E-state index in [4.69, 9.17) is 23.2 Å². The van der Waals surface area contributed by atoms with Gasteiger partial charge in [-0.15, -0.1) is 10.2 Å². The molecule has 78 valence electrons. The average molecular weight is 342 g/mol. The third-order valence-corrected chi connectivity index (χ3v) is 4.24. The molecule has 1 aromatic heterocycles. The van der Waals surface area contributed by atoms with Gasteiger partial charge in [0.05, 0.1) is 0 Å². The number of aromatic nitrogens is 2. The van der Waals surface area contributed by atoms with Crippen LogP contribution in [0.1, 0.15) is 0 Å². The highest BCUT2D eigenvalue weighted by atomic mass is 79.9. The highest BCUT2D eigenvalue weighted by molar-refractivity contribution is 9.11. The van der Waals surface area contributed by atoms with Crippen molar-refractivity contribution in [3.8, 4) is 0 Å². The predicted molar refractivity (Wildman–Crippen MR) is 68.2 cm³/mol. The van der Waals surface area contributed by atoms with Crippen LogP contribution in [0.25, 0.3) is 0 Å².